The summed E-state index contributed by atoms with van der Waals surface area (Å²) in [6, 6.07) is 7.06. The van der Waals surface area contributed by atoms with E-state index in [0.29, 0.717) is 28.3 Å². The number of H-pyrrole nitrogens is 1. The Morgan fingerprint density at radius 1 is 0.625 bits per heavy atom. The number of fused-ring (bicyclic) bond motifs is 6. The average molecular weight is 649 g/mol. The van der Waals surface area contributed by atoms with Gasteiger partial charge in [0.05, 0.1) is 28.3 Å². The summed E-state index contributed by atoms with van der Waals surface area (Å²) in [5.74, 6) is -10.2. The molecule has 6 nitrogen and oxygen atoms in total. The molecule has 0 radical (unpaired) electrons. The van der Waals surface area contributed by atoms with Crippen LogP contribution in [0.4, 0.5) is 22.0 Å². The van der Waals surface area contributed by atoms with Crippen molar-refractivity contribution < 1.29 is 31.8 Å². The molecule has 8 bridgehead atoms. The number of hydrogen-bond acceptors (Lipinski definition) is 3. The van der Waals surface area contributed by atoms with Crippen LogP contribution in [0.5, 0.6) is 0 Å². The minimum Gasteiger partial charge on any atom is -0.357 e. The number of hydrogen-bond donors (Lipinski definition) is 2. The molecule has 0 spiro atoms. The Labute approximate surface area is 271 Å². The van der Waals surface area contributed by atoms with Crippen molar-refractivity contribution in [1.29, 1.82) is 0 Å². The highest BCUT2D eigenvalue weighted by atomic mass is 19.2. The predicted molar refractivity (Wildman–Crippen MR) is 172 cm³/mol. The van der Waals surface area contributed by atoms with Gasteiger partial charge in [-0.2, -0.15) is 0 Å². The first-order valence-corrected chi connectivity index (χ1v) is 15.0. The molecule has 0 aliphatic carbocycles. The van der Waals surface area contributed by atoms with E-state index in [-0.39, 0.29) is 17.0 Å². The van der Waals surface area contributed by atoms with Crippen LogP contribution in [0.3, 0.4) is 0 Å². The molecule has 0 atom stereocenters. The average Bonchev–Trinajstić information content (AvgIpc) is 3.92. The SMILES string of the molecule is CN1C=CC(=C2C3=NC(=C4C=CC(=C(c5cc[n+](C)cc5)C5=NC(=C(c6c(F)c(F)c(F)c(F)c6F)c6ccc2[nH]6)C=C5)[NH2+]4)C=C3)C=C1. The molecule has 3 aromatic rings. The van der Waals surface area contributed by atoms with Crippen LogP contribution in [-0.2, 0) is 7.05 Å². The van der Waals surface area contributed by atoms with Gasteiger partial charge in [-0.1, -0.05) is 0 Å². The van der Waals surface area contributed by atoms with E-state index in [0.717, 1.165) is 28.2 Å². The lowest BCUT2D eigenvalue weighted by atomic mass is 9.98. The lowest BCUT2D eigenvalue weighted by molar-refractivity contribution is -0.671. The molecule has 1 aromatic carbocycles. The van der Waals surface area contributed by atoms with Gasteiger partial charge in [-0.15, -0.1) is 0 Å². The summed E-state index contributed by atoms with van der Waals surface area (Å²) in [5, 5.41) is 1.99. The third-order valence-corrected chi connectivity index (χ3v) is 8.61. The quantitative estimate of drug-likeness (QED) is 0.157. The third kappa shape index (κ3) is 4.70. The number of aryl methyl sites for hydroxylation is 1. The summed E-state index contributed by atoms with van der Waals surface area (Å²) in [6.45, 7) is 0. The number of pyridine rings is 1. The zero-order valence-electron chi connectivity index (χ0n) is 25.5. The number of rotatable bonds is 2. The number of aromatic nitrogens is 2. The Morgan fingerprint density at radius 2 is 1.19 bits per heavy atom. The number of benzene rings is 1. The van der Waals surface area contributed by atoms with E-state index < -0.39 is 34.6 Å². The van der Waals surface area contributed by atoms with Gasteiger partial charge in [0.1, 0.15) is 18.4 Å². The normalized spacial score (nSPS) is 18.1. The zero-order chi connectivity index (χ0) is 33.3. The molecule has 8 rings (SSSR count). The van der Waals surface area contributed by atoms with Crippen LogP contribution in [-0.4, -0.2) is 28.4 Å². The van der Waals surface area contributed by atoms with Gasteiger partial charge in [0.25, 0.3) is 0 Å². The first kappa shape index (κ1) is 29.5. The predicted octanol–water partition coefficient (Wildman–Crippen LogP) is 5.81. The highest BCUT2D eigenvalue weighted by molar-refractivity contribution is 6.32. The maximum absolute atomic E-state index is 15.6. The first-order chi connectivity index (χ1) is 23.2. The topological polar surface area (TPSA) is 64.2 Å². The standard InChI is InChI=1S/C37H23F5N6/c1-47-15-11-19(12-16-47)29-23-5-3-21(43-23)22-4-6-24(44-22)30(20-13-17-48(2)18-14-20)26-8-10-28(46-26)31(27-9-7-25(29)45-27)32-33(38)35(40)37(42)36(41)34(32)39/h3-18H,1-2H3,(H,45,46)/p+2. The molecule has 11 heteroatoms. The molecule has 3 N–H and O–H groups in total. The van der Waals surface area contributed by atoms with Crippen molar-refractivity contribution in [3.05, 3.63) is 178 Å². The van der Waals surface area contributed by atoms with Crippen molar-refractivity contribution in [3.63, 3.8) is 0 Å². The Bertz CT molecular complexity index is 2280. The van der Waals surface area contributed by atoms with E-state index in [9.17, 15) is 13.2 Å². The van der Waals surface area contributed by atoms with E-state index >= 15 is 8.78 Å². The molecule has 0 saturated carbocycles. The Kier molecular flexibility index (Phi) is 6.81. The van der Waals surface area contributed by atoms with Crippen molar-refractivity contribution in [2.45, 2.75) is 0 Å². The van der Waals surface area contributed by atoms with Crippen LogP contribution in [0.25, 0.3) is 16.7 Å². The number of quaternary nitrogens is 1. The van der Waals surface area contributed by atoms with Crippen molar-refractivity contribution in [1.82, 2.24) is 9.88 Å². The van der Waals surface area contributed by atoms with E-state index in [1.165, 1.54) is 6.08 Å². The Morgan fingerprint density at radius 3 is 1.88 bits per heavy atom. The van der Waals surface area contributed by atoms with Gasteiger partial charge in [-0.05, 0) is 54.2 Å². The minimum absolute atomic E-state index is 0.0173. The summed E-state index contributed by atoms with van der Waals surface area (Å²) in [6.07, 6.45) is 22.2. The maximum atomic E-state index is 15.6. The molecule has 48 heavy (non-hydrogen) atoms. The molecular formula is C37H25F5N6+2. The van der Waals surface area contributed by atoms with E-state index in [1.54, 1.807) is 18.2 Å². The van der Waals surface area contributed by atoms with Gasteiger partial charge in [0.15, 0.2) is 41.4 Å². The lowest BCUT2D eigenvalue weighted by Gasteiger charge is -2.16. The largest absolute Gasteiger partial charge is 0.357 e. The summed E-state index contributed by atoms with van der Waals surface area (Å²) in [5.41, 5.74) is 5.72. The van der Waals surface area contributed by atoms with E-state index in [1.807, 2.05) is 102 Å². The fourth-order valence-corrected chi connectivity index (χ4v) is 6.21. The van der Waals surface area contributed by atoms with Gasteiger partial charge in [-0.25, -0.2) is 36.5 Å². The van der Waals surface area contributed by atoms with Crippen LogP contribution in [0.2, 0.25) is 0 Å². The monoisotopic (exact) mass is 648 g/mol. The van der Waals surface area contributed by atoms with Crippen LogP contribution >= 0.6 is 0 Å². The number of aromatic amines is 1. The molecule has 5 aliphatic rings. The van der Waals surface area contributed by atoms with Crippen LogP contribution in [0.1, 0.15) is 22.5 Å². The third-order valence-electron chi connectivity index (χ3n) is 8.61. The van der Waals surface area contributed by atoms with Crippen LogP contribution < -0.4 is 9.88 Å². The number of nitrogens with one attached hydrogen (secondary N) is 1. The summed E-state index contributed by atoms with van der Waals surface area (Å²) >= 11 is 0. The van der Waals surface area contributed by atoms with Crippen molar-refractivity contribution in [3.8, 4) is 0 Å². The van der Waals surface area contributed by atoms with Gasteiger partial charge >= 0.3 is 0 Å². The number of aliphatic imine (C=N–C) groups is 2. The number of halogens is 5. The van der Waals surface area contributed by atoms with E-state index in [2.05, 4.69) is 4.98 Å². The second-order valence-electron chi connectivity index (χ2n) is 11.7. The zero-order valence-corrected chi connectivity index (χ0v) is 25.5. The molecule has 236 valence electrons. The molecular weight excluding hydrogens is 623 g/mol. The van der Waals surface area contributed by atoms with Crippen molar-refractivity contribution in [2.75, 3.05) is 7.05 Å². The second kappa shape index (κ2) is 11.1. The second-order valence-corrected chi connectivity index (χ2v) is 11.7. The van der Waals surface area contributed by atoms with Gasteiger partial charge in [0.2, 0.25) is 5.82 Å². The molecule has 0 amide bonds. The molecule has 0 saturated heterocycles. The van der Waals surface area contributed by atoms with Crippen LogP contribution in [0, 0.1) is 29.1 Å². The van der Waals surface area contributed by atoms with Crippen molar-refractivity contribution in [2.24, 2.45) is 17.0 Å². The fourth-order valence-electron chi connectivity index (χ4n) is 6.21. The number of nitrogens with two attached hydrogens (primary N) is 1. The molecule has 2 aromatic heterocycles. The highest BCUT2D eigenvalue weighted by Crippen LogP contribution is 2.39. The molecule has 0 fully saturated rings. The number of allylic oxidation sites excluding steroid dienone is 11. The maximum Gasteiger partial charge on any atom is 0.200 e. The van der Waals surface area contributed by atoms with Gasteiger partial charge in [0, 0.05) is 71.8 Å². The fraction of sp³-hybridized carbons (Fsp3) is 0.0541. The number of nitrogens with zero attached hydrogens (tertiary/aromatic N) is 4. The summed E-state index contributed by atoms with van der Waals surface area (Å²) in [4.78, 5) is 14.9. The highest BCUT2D eigenvalue weighted by Gasteiger charge is 2.33. The molecule has 7 heterocycles. The molecule has 5 aliphatic heterocycles. The smallest absolute Gasteiger partial charge is 0.200 e. The first-order valence-electron chi connectivity index (χ1n) is 15.0. The minimum atomic E-state index is -2.24. The molecule has 0 unspecified atom stereocenters. The lowest BCUT2D eigenvalue weighted by Crippen LogP contribution is -2.77. The van der Waals surface area contributed by atoms with Gasteiger partial charge in [-0.3, -0.25) is 5.32 Å². The Balaban J connectivity index is 1.46. The van der Waals surface area contributed by atoms with Crippen LogP contribution in [0.15, 0.2) is 136 Å². The Hall–Kier alpha value is -5.94. The van der Waals surface area contributed by atoms with Crippen molar-refractivity contribution >= 4 is 28.1 Å². The van der Waals surface area contributed by atoms with Gasteiger partial charge < -0.3 is 9.88 Å². The summed E-state index contributed by atoms with van der Waals surface area (Å²) < 4.78 is 76.8. The summed E-state index contributed by atoms with van der Waals surface area (Å²) in [7, 11) is 3.77. The van der Waals surface area contributed by atoms with E-state index in [4.69, 9.17) is 9.98 Å².